The van der Waals surface area contributed by atoms with Crippen LogP contribution in [0.15, 0.2) is 18.2 Å². The monoisotopic (exact) mass is 294 g/mol. The van der Waals surface area contributed by atoms with Crippen LogP contribution in [0.25, 0.3) is 0 Å². The predicted octanol–water partition coefficient (Wildman–Crippen LogP) is 2.37. The number of hydrogen-bond donors (Lipinski definition) is 2. The Kier molecular flexibility index (Phi) is 5.56. The fourth-order valence-corrected chi connectivity index (χ4v) is 1.99. The number of nitrogens with one attached hydrogen (secondary N) is 2. The summed E-state index contributed by atoms with van der Waals surface area (Å²) in [5, 5.41) is 6.09. The Balaban J connectivity index is 1.92. The molecule has 0 heterocycles. The van der Waals surface area contributed by atoms with Crippen LogP contribution in [0.3, 0.4) is 0 Å². The second-order valence-corrected chi connectivity index (χ2v) is 5.50. The Labute approximate surface area is 125 Å². The lowest BCUT2D eigenvalue weighted by molar-refractivity contribution is -0.127. The van der Waals surface area contributed by atoms with Crippen molar-refractivity contribution in [2.24, 2.45) is 0 Å². The largest absolute Gasteiger partial charge is 0.481 e. The molecule has 0 radical (unpaired) electrons. The van der Waals surface area contributed by atoms with Crippen LogP contribution in [0.4, 0.5) is 4.39 Å². The Morgan fingerprint density at radius 2 is 2.19 bits per heavy atom. The molecule has 0 aliphatic heterocycles. The van der Waals surface area contributed by atoms with Gasteiger partial charge in [-0.3, -0.25) is 4.79 Å². The fourth-order valence-electron chi connectivity index (χ4n) is 1.99. The maximum atomic E-state index is 13.6. The van der Waals surface area contributed by atoms with E-state index in [0.29, 0.717) is 24.9 Å². The first-order chi connectivity index (χ1) is 10.1. The van der Waals surface area contributed by atoms with Crippen LogP contribution in [-0.4, -0.2) is 24.6 Å². The smallest absolute Gasteiger partial charge is 0.260 e. The topological polar surface area (TPSA) is 50.4 Å². The van der Waals surface area contributed by atoms with Gasteiger partial charge in [-0.15, -0.1) is 0 Å². The van der Waals surface area contributed by atoms with E-state index >= 15 is 0 Å². The molecule has 1 aliphatic carbocycles. The van der Waals surface area contributed by atoms with Crippen LogP contribution < -0.4 is 15.4 Å². The molecule has 1 saturated carbocycles. The van der Waals surface area contributed by atoms with Gasteiger partial charge in [-0.2, -0.15) is 0 Å². The van der Waals surface area contributed by atoms with Crippen LogP contribution in [-0.2, 0) is 11.3 Å². The van der Waals surface area contributed by atoms with E-state index in [9.17, 15) is 9.18 Å². The van der Waals surface area contributed by atoms with Gasteiger partial charge in [0.25, 0.3) is 5.91 Å². The molecule has 1 atom stereocenters. The molecule has 5 heteroatoms. The van der Waals surface area contributed by atoms with E-state index in [1.807, 2.05) is 6.92 Å². The van der Waals surface area contributed by atoms with Gasteiger partial charge in [-0.1, -0.05) is 6.92 Å². The van der Waals surface area contributed by atoms with E-state index in [0.717, 1.165) is 12.0 Å². The highest BCUT2D eigenvalue weighted by molar-refractivity contribution is 5.80. The summed E-state index contributed by atoms with van der Waals surface area (Å²) in [5.74, 6) is -0.137. The number of amides is 1. The summed E-state index contributed by atoms with van der Waals surface area (Å²) in [6.45, 7) is 4.89. The molecule has 21 heavy (non-hydrogen) atoms. The van der Waals surface area contributed by atoms with Crippen molar-refractivity contribution in [1.82, 2.24) is 10.6 Å². The van der Waals surface area contributed by atoms with Crippen molar-refractivity contribution in [2.75, 3.05) is 6.54 Å². The second kappa shape index (κ2) is 7.41. The lowest BCUT2D eigenvalue weighted by atomic mass is 10.2. The third-order valence-corrected chi connectivity index (χ3v) is 3.33. The zero-order valence-electron chi connectivity index (χ0n) is 12.6. The average molecular weight is 294 g/mol. The third-order valence-electron chi connectivity index (χ3n) is 3.33. The average Bonchev–Trinajstić information content (AvgIpc) is 3.26. The molecule has 0 spiro atoms. The van der Waals surface area contributed by atoms with Gasteiger partial charge < -0.3 is 15.4 Å². The number of halogens is 1. The summed E-state index contributed by atoms with van der Waals surface area (Å²) < 4.78 is 19.2. The van der Waals surface area contributed by atoms with Crippen LogP contribution in [0.2, 0.25) is 0 Å². The quantitative estimate of drug-likeness (QED) is 0.774. The van der Waals surface area contributed by atoms with E-state index in [1.54, 1.807) is 13.0 Å². The number of benzene rings is 1. The maximum Gasteiger partial charge on any atom is 0.260 e. The van der Waals surface area contributed by atoms with Gasteiger partial charge in [-0.05, 0) is 43.9 Å². The Morgan fingerprint density at radius 3 is 2.86 bits per heavy atom. The van der Waals surface area contributed by atoms with E-state index in [1.165, 1.54) is 25.0 Å². The number of carbonyl (C=O) groups is 1. The standard InChI is InChI=1S/C16H23FN2O2/c1-3-6-18-16(20)11(2)21-15-8-12(7-13(17)9-15)10-19-14-4-5-14/h7-9,11,14,19H,3-6,10H2,1-2H3,(H,18,20). The molecule has 2 rings (SSSR count). The van der Waals surface area contributed by atoms with Crippen molar-refractivity contribution in [3.8, 4) is 5.75 Å². The number of rotatable bonds is 8. The summed E-state index contributed by atoms with van der Waals surface area (Å²) in [6.07, 6.45) is 2.61. The molecule has 0 bridgehead atoms. The highest BCUT2D eigenvalue weighted by Crippen LogP contribution is 2.21. The highest BCUT2D eigenvalue weighted by atomic mass is 19.1. The van der Waals surface area contributed by atoms with Gasteiger partial charge in [0, 0.05) is 25.2 Å². The molecular weight excluding hydrogens is 271 g/mol. The Hall–Kier alpha value is -1.62. The Morgan fingerprint density at radius 1 is 1.43 bits per heavy atom. The molecule has 0 saturated heterocycles. The van der Waals surface area contributed by atoms with Crippen LogP contribution in [0.1, 0.15) is 38.7 Å². The molecule has 1 amide bonds. The van der Waals surface area contributed by atoms with Crippen molar-refractivity contribution >= 4 is 5.91 Å². The summed E-state index contributed by atoms with van der Waals surface area (Å²) in [6, 6.07) is 5.15. The lowest BCUT2D eigenvalue weighted by Crippen LogP contribution is -2.36. The van der Waals surface area contributed by atoms with E-state index in [4.69, 9.17) is 4.74 Å². The third kappa shape index (κ3) is 5.34. The maximum absolute atomic E-state index is 13.6. The van der Waals surface area contributed by atoms with Crippen molar-refractivity contribution in [2.45, 2.75) is 51.8 Å². The zero-order valence-corrected chi connectivity index (χ0v) is 12.6. The minimum absolute atomic E-state index is 0.182. The van der Waals surface area contributed by atoms with Crippen LogP contribution in [0.5, 0.6) is 5.75 Å². The highest BCUT2D eigenvalue weighted by Gasteiger charge is 2.20. The van der Waals surface area contributed by atoms with E-state index in [-0.39, 0.29) is 11.7 Å². The van der Waals surface area contributed by atoms with Gasteiger partial charge in [0.2, 0.25) is 0 Å². The minimum Gasteiger partial charge on any atom is -0.481 e. The molecule has 1 aromatic carbocycles. The van der Waals surface area contributed by atoms with Crippen LogP contribution >= 0.6 is 0 Å². The molecule has 1 aliphatic rings. The predicted molar refractivity (Wildman–Crippen MR) is 79.7 cm³/mol. The fraction of sp³-hybridized carbons (Fsp3) is 0.562. The van der Waals surface area contributed by atoms with Gasteiger partial charge in [0.1, 0.15) is 11.6 Å². The SMILES string of the molecule is CCCNC(=O)C(C)Oc1cc(F)cc(CNC2CC2)c1. The van der Waals surface area contributed by atoms with Gasteiger partial charge in [-0.25, -0.2) is 4.39 Å². The van der Waals surface area contributed by atoms with Gasteiger partial charge >= 0.3 is 0 Å². The summed E-state index contributed by atoms with van der Waals surface area (Å²) in [4.78, 5) is 11.8. The van der Waals surface area contributed by atoms with Crippen molar-refractivity contribution in [3.05, 3.63) is 29.6 Å². The molecule has 2 N–H and O–H groups in total. The lowest BCUT2D eigenvalue weighted by Gasteiger charge is -2.15. The van der Waals surface area contributed by atoms with Crippen molar-refractivity contribution < 1.29 is 13.9 Å². The van der Waals surface area contributed by atoms with E-state index < -0.39 is 6.10 Å². The first kappa shape index (κ1) is 15.8. The molecule has 116 valence electrons. The molecular formula is C16H23FN2O2. The first-order valence-corrected chi connectivity index (χ1v) is 7.55. The minimum atomic E-state index is -0.636. The second-order valence-electron chi connectivity index (χ2n) is 5.50. The summed E-state index contributed by atoms with van der Waals surface area (Å²) in [5.41, 5.74) is 0.832. The first-order valence-electron chi connectivity index (χ1n) is 7.55. The van der Waals surface area contributed by atoms with Crippen molar-refractivity contribution in [3.63, 3.8) is 0 Å². The molecule has 1 aromatic rings. The number of carbonyl (C=O) groups excluding carboxylic acids is 1. The molecule has 0 aromatic heterocycles. The van der Waals surface area contributed by atoms with E-state index in [2.05, 4.69) is 10.6 Å². The zero-order chi connectivity index (χ0) is 15.2. The summed E-state index contributed by atoms with van der Waals surface area (Å²) in [7, 11) is 0. The number of ether oxygens (including phenoxy) is 1. The van der Waals surface area contributed by atoms with Gasteiger partial charge in [0.05, 0.1) is 0 Å². The summed E-state index contributed by atoms with van der Waals surface area (Å²) >= 11 is 0. The molecule has 1 fully saturated rings. The Bertz CT molecular complexity index is 489. The molecule has 4 nitrogen and oxygen atoms in total. The van der Waals surface area contributed by atoms with Gasteiger partial charge in [0.15, 0.2) is 6.10 Å². The molecule has 1 unspecified atom stereocenters. The normalized spacial score (nSPS) is 15.6. The van der Waals surface area contributed by atoms with Crippen LogP contribution in [0, 0.1) is 5.82 Å². The van der Waals surface area contributed by atoms with Crippen molar-refractivity contribution in [1.29, 1.82) is 0 Å². The number of hydrogen-bond acceptors (Lipinski definition) is 3.